The molecule has 116 valence electrons. The van der Waals surface area contributed by atoms with Crippen LogP contribution in [-0.4, -0.2) is 54.5 Å². The van der Waals surface area contributed by atoms with Gasteiger partial charge in [-0.1, -0.05) is 0 Å². The molecule has 0 bridgehead atoms. The lowest BCUT2D eigenvalue weighted by atomic mass is 9.87. The summed E-state index contributed by atoms with van der Waals surface area (Å²) in [5, 5.41) is 8.30. The lowest BCUT2D eigenvalue weighted by Crippen LogP contribution is -2.55. The largest absolute Gasteiger partial charge is 0.342 e. The molecular formula is C14H22N4O3. The Morgan fingerprint density at radius 1 is 1.29 bits per heavy atom. The zero-order chi connectivity index (χ0) is 14.9. The van der Waals surface area contributed by atoms with Gasteiger partial charge in [-0.2, -0.15) is 0 Å². The molecule has 7 heteroatoms. The summed E-state index contributed by atoms with van der Waals surface area (Å²) in [6.45, 7) is 3.15. The second-order valence-corrected chi connectivity index (χ2v) is 6.27. The molecular weight excluding hydrogens is 272 g/mol. The minimum absolute atomic E-state index is 0.168. The molecule has 3 aliphatic heterocycles. The molecule has 3 aliphatic rings. The third-order valence-electron chi connectivity index (χ3n) is 4.91. The van der Waals surface area contributed by atoms with E-state index in [9.17, 15) is 14.4 Å². The van der Waals surface area contributed by atoms with Crippen LogP contribution in [0.1, 0.15) is 32.1 Å². The molecule has 21 heavy (non-hydrogen) atoms. The van der Waals surface area contributed by atoms with Crippen molar-refractivity contribution in [1.82, 2.24) is 20.9 Å². The number of nitrogens with zero attached hydrogens (tertiary/aromatic N) is 1. The fourth-order valence-corrected chi connectivity index (χ4v) is 3.46. The van der Waals surface area contributed by atoms with Crippen molar-refractivity contribution in [2.45, 2.75) is 37.6 Å². The van der Waals surface area contributed by atoms with Crippen LogP contribution in [0.25, 0.3) is 0 Å². The molecule has 1 atom stereocenters. The number of carbonyl (C=O) groups excluding carboxylic acids is 3. The summed E-state index contributed by atoms with van der Waals surface area (Å²) in [5.41, 5.74) is -0.788. The summed E-state index contributed by atoms with van der Waals surface area (Å²) in [6, 6.07) is -0.423. The lowest BCUT2D eigenvalue weighted by Gasteiger charge is -2.37. The van der Waals surface area contributed by atoms with Crippen molar-refractivity contribution in [3.05, 3.63) is 0 Å². The smallest absolute Gasteiger partial charge is 0.322 e. The molecule has 0 aromatic heterocycles. The van der Waals surface area contributed by atoms with E-state index in [0.29, 0.717) is 38.3 Å². The Bertz CT molecular complexity index is 451. The van der Waals surface area contributed by atoms with Gasteiger partial charge in [0.25, 0.3) is 5.91 Å². The number of amides is 4. The summed E-state index contributed by atoms with van der Waals surface area (Å²) < 4.78 is 0. The van der Waals surface area contributed by atoms with Gasteiger partial charge in [-0.25, -0.2) is 4.79 Å². The van der Waals surface area contributed by atoms with Gasteiger partial charge in [0.15, 0.2) is 0 Å². The minimum Gasteiger partial charge on any atom is -0.342 e. The van der Waals surface area contributed by atoms with E-state index in [1.807, 2.05) is 4.90 Å². The quantitative estimate of drug-likeness (QED) is 0.617. The molecule has 0 aromatic carbocycles. The van der Waals surface area contributed by atoms with Crippen molar-refractivity contribution in [2.75, 3.05) is 26.2 Å². The van der Waals surface area contributed by atoms with E-state index in [4.69, 9.17) is 0 Å². The number of rotatable bonds is 3. The van der Waals surface area contributed by atoms with Gasteiger partial charge in [0.1, 0.15) is 5.54 Å². The fourth-order valence-electron chi connectivity index (χ4n) is 3.46. The van der Waals surface area contributed by atoms with Crippen LogP contribution in [0.15, 0.2) is 0 Å². The van der Waals surface area contributed by atoms with Crippen LogP contribution in [0.5, 0.6) is 0 Å². The summed E-state index contributed by atoms with van der Waals surface area (Å²) in [7, 11) is 0. The SMILES string of the molecule is O=C1NC(=O)C2(CCN(C(=O)CCC3CCNC3)CC2)N1. The average Bonchev–Trinajstić information content (AvgIpc) is 3.06. The summed E-state index contributed by atoms with van der Waals surface area (Å²) in [5.74, 6) is 0.531. The Balaban J connectivity index is 1.47. The van der Waals surface area contributed by atoms with Gasteiger partial charge in [0.05, 0.1) is 0 Å². The number of hydrogen-bond donors (Lipinski definition) is 3. The number of imide groups is 1. The van der Waals surface area contributed by atoms with Gasteiger partial charge in [-0.3, -0.25) is 14.9 Å². The standard InChI is InChI=1S/C14H22N4O3/c19-11(2-1-10-3-6-15-9-10)18-7-4-14(5-8-18)12(20)16-13(21)17-14/h10,15H,1-9H2,(H2,16,17,20,21). The lowest BCUT2D eigenvalue weighted by molar-refractivity contribution is -0.136. The highest BCUT2D eigenvalue weighted by Gasteiger charge is 2.48. The van der Waals surface area contributed by atoms with E-state index < -0.39 is 11.6 Å². The maximum atomic E-state index is 12.2. The first-order valence-corrected chi connectivity index (χ1v) is 7.71. The van der Waals surface area contributed by atoms with Crippen LogP contribution < -0.4 is 16.0 Å². The van der Waals surface area contributed by atoms with Gasteiger partial charge in [-0.15, -0.1) is 0 Å². The van der Waals surface area contributed by atoms with Crippen LogP contribution in [0.3, 0.4) is 0 Å². The van der Waals surface area contributed by atoms with Gasteiger partial charge < -0.3 is 15.5 Å². The number of nitrogens with one attached hydrogen (secondary N) is 3. The number of carbonyl (C=O) groups is 3. The topological polar surface area (TPSA) is 90.5 Å². The second-order valence-electron chi connectivity index (χ2n) is 6.27. The molecule has 0 aliphatic carbocycles. The Morgan fingerprint density at radius 2 is 2.05 bits per heavy atom. The molecule has 4 amide bonds. The van der Waals surface area contributed by atoms with E-state index in [0.717, 1.165) is 25.9 Å². The first kappa shape index (κ1) is 14.3. The predicted octanol–water partition coefficient (Wildman–Crippen LogP) is -0.423. The van der Waals surface area contributed by atoms with Crippen molar-refractivity contribution in [1.29, 1.82) is 0 Å². The number of piperidine rings is 1. The van der Waals surface area contributed by atoms with Gasteiger partial charge in [-0.05, 0) is 44.7 Å². The van der Waals surface area contributed by atoms with Crippen molar-refractivity contribution in [2.24, 2.45) is 5.92 Å². The van der Waals surface area contributed by atoms with Crippen LogP contribution in [0.4, 0.5) is 4.79 Å². The monoisotopic (exact) mass is 294 g/mol. The number of hydrogen-bond acceptors (Lipinski definition) is 4. The third kappa shape index (κ3) is 2.88. The molecule has 0 aromatic rings. The molecule has 3 fully saturated rings. The molecule has 3 N–H and O–H groups in total. The first-order valence-electron chi connectivity index (χ1n) is 7.71. The molecule has 3 saturated heterocycles. The van der Waals surface area contributed by atoms with Crippen molar-refractivity contribution >= 4 is 17.8 Å². The Hall–Kier alpha value is -1.63. The molecule has 0 radical (unpaired) electrons. The van der Waals surface area contributed by atoms with E-state index in [1.54, 1.807) is 0 Å². The predicted molar refractivity (Wildman–Crippen MR) is 75.4 cm³/mol. The third-order valence-corrected chi connectivity index (χ3v) is 4.91. The van der Waals surface area contributed by atoms with E-state index in [-0.39, 0.29) is 11.8 Å². The van der Waals surface area contributed by atoms with Crippen molar-refractivity contribution in [3.8, 4) is 0 Å². The molecule has 3 heterocycles. The van der Waals surface area contributed by atoms with E-state index >= 15 is 0 Å². The van der Waals surface area contributed by atoms with E-state index in [1.165, 1.54) is 0 Å². The maximum absolute atomic E-state index is 12.2. The molecule has 7 nitrogen and oxygen atoms in total. The highest BCUT2D eigenvalue weighted by Crippen LogP contribution is 2.26. The van der Waals surface area contributed by atoms with Crippen LogP contribution in [0, 0.1) is 5.92 Å². The van der Waals surface area contributed by atoms with Gasteiger partial charge in [0.2, 0.25) is 5.91 Å². The Morgan fingerprint density at radius 3 is 2.62 bits per heavy atom. The fraction of sp³-hybridized carbons (Fsp3) is 0.786. The summed E-state index contributed by atoms with van der Waals surface area (Å²) >= 11 is 0. The van der Waals surface area contributed by atoms with Crippen LogP contribution in [0.2, 0.25) is 0 Å². The van der Waals surface area contributed by atoms with Crippen LogP contribution in [-0.2, 0) is 9.59 Å². The highest BCUT2D eigenvalue weighted by molar-refractivity contribution is 6.07. The summed E-state index contributed by atoms with van der Waals surface area (Å²) in [6.07, 6.45) is 3.67. The van der Waals surface area contributed by atoms with Gasteiger partial charge in [0, 0.05) is 19.5 Å². The average molecular weight is 294 g/mol. The first-order chi connectivity index (χ1) is 10.1. The Kier molecular flexibility index (Phi) is 3.84. The molecule has 0 saturated carbocycles. The number of likely N-dealkylation sites (tertiary alicyclic amines) is 1. The van der Waals surface area contributed by atoms with Crippen LogP contribution >= 0.6 is 0 Å². The van der Waals surface area contributed by atoms with Crippen molar-refractivity contribution < 1.29 is 14.4 Å². The number of urea groups is 1. The van der Waals surface area contributed by atoms with Crippen molar-refractivity contribution in [3.63, 3.8) is 0 Å². The normalized spacial score (nSPS) is 27.8. The minimum atomic E-state index is -0.788. The molecule has 3 rings (SSSR count). The zero-order valence-electron chi connectivity index (χ0n) is 12.1. The Labute approximate surface area is 123 Å². The summed E-state index contributed by atoms with van der Waals surface area (Å²) in [4.78, 5) is 37.1. The molecule has 1 spiro atoms. The molecule has 1 unspecified atom stereocenters. The maximum Gasteiger partial charge on any atom is 0.322 e. The highest BCUT2D eigenvalue weighted by atomic mass is 16.2. The second kappa shape index (κ2) is 5.63. The van der Waals surface area contributed by atoms with Gasteiger partial charge >= 0.3 is 6.03 Å². The zero-order valence-corrected chi connectivity index (χ0v) is 12.1. The van der Waals surface area contributed by atoms with E-state index in [2.05, 4.69) is 16.0 Å².